The minimum Gasteiger partial charge on any atom is -0.439 e. The van der Waals surface area contributed by atoms with Crippen LogP contribution in [-0.2, 0) is 0 Å². The molecule has 0 aliphatic carbocycles. The van der Waals surface area contributed by atoms with E-state index in [2.05, 4.69) is 54.8 Å². The third-order valence-electron chi connectivity index (χ3n) is 7.03. The summed E-state index contributed by atoms with van der Waals surface area (Å²) in [6.45, 7) is 6.50. The van der Waals surface area contributed by atoms with Crippen LogP contribution in [0.15, 0.2) is 77.7 Å². The Labute approximate surface area is 240 Å². The van der Waals surface area contributed by atoms with Crippen LogP contribution in [0.3, 0.4) is 0 Å². The predicted octanol–water partition coefficient (Wildman–Crippen LogP) is 8.22. The summed E-state index contributed by atoms with van der Waals surface area (Å²) in [6.07, 6.45) is 2.16. The predicted molar refractivity (Wildman–Crippen MR) is 163 cm³/mol. The summed E-state index contributed by atoms with van der Waals surface area (Å²) in [5.74, 6) is 2.39. The first-order chi connectivity index (χ1) is 18.9. The summed E-state index contributed by atoms with van der Waals surface area (Å²) < 4.78 is 9.65. The number of piperidine rings is 1. The number of hydrogen-bond acceptors (Lipinski definition) is 7. The zero-order valence-electron chi connectivity index (χ0n) is 22.5. The van der Waals surface area contributed by atoms with E-state index in [1.807, 2.05) is 48.5 Å². The minimum atomic E-state index is 0.340. The molecule has 0 unspecified atom stereocenters. The second kappa shape index (κ2) is 12.3. The Morgan fingerprint density at radius 2 is 1.79 bits per heavy atom. The summed E-state index contributed by atoms with van der Waals surface area (Å²) in [5.41, 5.74) is 10.9. The van der Waals surface area contributed by atoms with Crippen LogP contribution in [-0.4, -0.2) is 35.0 Å². The van der Waals surface area contributed by atoms with E-state index in [-0.39, 0.29) is 0 Å². The second-order valence-electron chi connectivity index (χ2n) is 10.3. The summed E-state index contributed by atoms with van der Waals surface area (Å²) >= 11 is 8.05. The number of nitrogens with one attached hydrogen (secondary N) is 1. The van der Waals surface area contributed by atoms with Crippen LogP contribution >= 0.6 is 23.5 Å². The van der Waals surface area contributed by atoms with Crippen molar-refractivity contribution in [1.82, 2.24) is 14.9 Å². The number of aromatic nitrogens is 2. The molecule has 8 heteroatoms. The highest BCUT2D eigenvalue weighted by atomic mass is 35.5. The van der Waals surface area contributed by atoms with Crippen molar-refractivity contribution in [3.05, 3.63) is 88.9 Å². The van der Waals surface area contributed by atoms with Crippen LogP contribution in [0.2, 0.25) is 5.02 Å². The SMILES string of the molecule is CC(C)c1ccccc1-c1cc(Oc2ccc(Cl)c(C3CCN(C)CC3)c2)nc(NSc2cccc(N)c2)n1. The van der Waals surface area contributed by atoms with Gasteiger partial charge < -0.3 is 15.4 Å². The molecule has 6 nitrogen and oxygen atoms in total. The minimum absolute atomic E-state index is 0.340. The number of nitrogens with two attached hydrogens (primary N) is 1. The highest BCUT2D eigenvalue weighted by Gasteiger charge is 2.21. The number of benzene rings is 3. The van der Waals surface area contributed by atoms with Crippen molar-refractivity contribution >= 4 is 35.2 Å². The normalized spacial score (nSPS) is 14.5. The van der Waals surface area contributed by atoms with E-state index in [9.17, 15) is 0 Å². The summed E-state index contributed by atoms with van der Waals surface area (Å²) in [5, 5.41) is 0.784. The van der Waals surface area contributed by atoms with Gasteiger partial charge in [-0.2, -0.15) is 4.98 Å². The van der Waals surface area contributed by atoms with Gasteiger partial charge in [0.1, 0.15) is 5.75 Å². The lowest BCUT2D eigenvalue weighted by Gasteiger charge is -2.29. The van der Waals surface area contributed by atoms with E-state index in [1.54, 1.807) is 0 Å². The molecule has 4 aromatic rings. The molecule has 1 aromatic heterocycles. The monoisotopic (exact) mass is 559 g/mol. The lowest BCUT2D eigenvalue weighted by molar-refractivity contribution is 0.255. The number of likely N-dealkylation sites (tertiary alicyclic amines) is 1. The van der Waals surface area contributed by atoms with Gasteiger partial charge in [0.25, 0.3) is 0 Å². The molecule has 3 N–H and O–H groups in total. The molecule has 0 saturated carbocycles. The van der Waals surface area contributed by atoms with Crippen molar-refractivity contribution in [3.8, 4) is 22.9 Å². The molecule has 1 aliphatic heterocycles. The molecule has 5 rings (SSSR count). The molecule has 0 spiro atoms. The van der Waals surface area contributed by atoms with Crippen molar-refractivity contribution < 1.29 is 4.74 Å². The van der Waals surface area contributed by atoms with E-state index in [1.165, 1.54) is 17.5 Å². The maximum atomic E-state index is 6.64. The molecular formula is C31H34ClN5OS. The second-order valence-corrected chi connectivity index (χ2v) is 11.6. The van der Waals surface area contributed by atoms with Crippen LogP contribution < -0.4 is 15.2 Å². The number of hydrogen-bond donors (Lipinski definition) is 2. The lowest BCUT2D eigenvalue weighted by atomic mass is 9.89. The first-order valence-corrected chi connectivity index (χ1v) is 14.5. The first-order valence-electron chi connectivity index (χ1n) is 13.3. The number of nitrogen functional groups attached to an aromatic ring is 1. The number of ether oxygens (including phenoxy) is 1. The molecule has 1 saturated heterocycles. The van der Waals surface area contributed by atoms with Gasteiger partial charge >= 0.3 is 0 Å². The van der Waals surface area contributed by atoms with Crippen LogP contribution in [0.5, 0.6) is 11.6 Å². The van der Waals surface area contributed by atoms with Gasteiger partial charge in [-0.25, -0.2) is 4.98 Å². The lowest BCUT2D eigenvalue weighted by Crippen LogP contribution is -2.29. The van der Waals surface area contributed by atoms with Gasteiger partial charge in [0.2, 0.25) is 11.8 Å². The van der Waals surface area contributed by atoms with Crippen LogP contribution in [0.25, 0.3) is 11.3 Å². The van der Waals surface area contributed by atoms with Crippen molar-refractivity contribution in [2.45, 2.75) is 43.4 Å². The fraction of sp³-hybridized carbons (Fsp3) is 0.290. The molecule has 1 fully saturated rings. The van der Waals surface area contributed by atoms with Crippen molar-refractivity contribution in [2.75, 3.05) is 30.6 Å². The van der Waals surface area contributed by atoms with E-state index < -0.39 is 0 Å². The van der Waals surface area contributed by atoms with Gasteiger partial charge in [-0.15, -0.1) is 0 Å². The maximum absolute atomic E-state index is 6.64. The molecule has 2 heterocycles. The van der Waals surface area contributed by atoms with E-state index >= 15 is 0 Å². The topological polar surface area (TPSA) is 76.3 Å². The zero-order chi connectivity index (χ0) is 27.4. The average Bonchev–Trinajstić information content (AvgIpc) is 2.93. The molecule has 1 aliphatic rings. The van der Waals surface area contributed by atoms with Gasteiger partial charge in [0.15, 0.2) is 0 Å². The zero-order valence-corrected chi connectivity index (χ0v) is 24.1. The maximum Gasteiger partial charge on any atom is 0.237 e. The molecular weight excluding hydrogens is 526 g/mol. The standard InChI is InChI=1S/C31H34ClN5OS/c1-20(2)25-9-4-5-10-26(25)29-19-30(35-31(34-29)36-39-24-8-6-7-22(33)17-24)38-23-11-12-28(32)27(18-23)21-13-15-37(3)16-14-21/h4-12,17-21H,13-16,33H2,1-3H3,(H,34,35,36). The van der Waals surface area contributed by atoms with Gasteiger partial charge in [-0.1, -0.05) is 55.8 Å². The largest absolute Gasteiger partial charge is 0.439 e. The summed E-state index contributed by atoms with van der Waals surface area (Å²) in [7, 11) is 2.16. The fourth-order valence-electron chi connectivity index (χ4n) is 4.92. The van der Waals surface area contributed by atoms with E-state index in [0.717, 1.165) is 52.7 Å². The molecule has 3 aromatic carbocycles. The number of halogens is 1. The van der Waals surface area contributed by atoms with Crippen molar-refractivity contribution in [1.29, 1.82) is 0 Å². The molecule has 0 radical (unpaired) electrons. The molecule has 0 bridgehead atoms. The van der Waals surface area contributed by atoms with Gasteiger partial charge in [0, 0.05) is 27.2 Å². The number of nitrogens with zero attached hydrogens (tertiary/aromatic N) is 3. The van der Waals surface area contributed by atoms with Crippen LogP contribution in [0.1, 0.15) is 49.7 Å². The Morgan fingerprint density at radius 3 is 2.56 bits per heavy atom. The van der Waals surface area contributed by atoms with Crippen LogP contribution in [0.4, 0.5) is 11.6 Å². The summed E-state index contributed by atoms with van der Waals surface area (Å²) in [4.78, 5) is 12.9. The Morgan fingerprint density at radius 1 is 1.00 bits per heavy atom. The molecule has 0 atom stereocenters. The quantitative estimate of drug-likeness (QED) is 0.166. The van der Waals surface area contributed by atoms with Gasteiger partial charge in [-0.05, 0) is 104 Å². The Kier molecular flexibility index (Phi) is 8.60. The van der Waals surface area contributed by atoms with E-state index in [0.29, 0.717) is 35.1 Å². The average molecular weight is 560 g/mol. The fourth-order valence-corrected chi connectivity index (χ4v) is 5.83. The van der Waals surface area contributed by atoms with Crippen molar-refractivity contribution in [3.63, 3.8) is 0 Å². The third-order valence-corrected chi connectivity index (χ3v) is 8.15. The van der Waals surface area contributed by atoms with Crippen molar-refractivity contribution in [2.24, 2.45) is 0 Å². The summed E-state index contributed by atoms with van der Waals surface area (Å²) in [6, 6.07) is 23.8. The smallest absolute Gasteiger partial charge is 0.237 e. The van der Waals surface area contributed by atoms with Crippen LogP contribution in [0, 0.1) is 0 Å². The third kappa shape index (κ3) is 6.85. The highest BCUT2D eigenvalue weighted by molar-refractivity contribution is 8.00. The van der Waals surface area contributed by atoms with E-state index in [4.69, 9.17) is 32.0 Å². The Hall–Kier alpha value is -3.26. The Bertz CT molecular complexity index is 1440. The van der Waals surface area contributed by atoms with Gasteiger partial charge in [-0.3, -0.25) is 4.72 Å². The van der Waals surface area contributed by atoms with Gasteiger partial charge in [0.05, 0.1) is 5.69 Å². The molecule has 202 valence electrons. The number of anilines is 2. The molecule has 0 amide bonds. The molecule has 39 heavy (non-hydrogen) atoms. The Balaban J connectivity index is 1.47. The number of rotatable bonds is 8. The highest BCUT2D eigenvalue weighted by Crippen LogP contribution is 2.37. The first kappa shape index (κ1) is 27.3.